The zero-order valence-corrected chi connectivity index (χ0v) is 15.0. The minimum atomic E-state index is -3.20. The number of sulfone groups is 1. The van der Waals surface area contributed by atoms with Gasteiger partial charge in [-0.1, -0.05) is 18.2 Å². The maximum atomic E-state index is 12.5. The highest BCUT2D eigenvalue weighted by atomic mass is 32.2. The van der Waals surface area contributed by atoms with Crippen molar-refractivity contribution in [2.75, 3.05) is 11.6 Å². The number of pyridine rings is 1. The molecule has 0 spiro atoms. The molecule has 1 aliphatic rings. The molecule has 6 heteroatoms. The Kier molecular flexibility index (Phi) is 4.00. The summed E-state index contributed by atoms with van der Waals surface area (Å²) < 4.78 is 23.1. The van der Waals surface area contributed by atoms with Crippen LogP contribution in [-0.2, 0) is 14.6 Å². The molecule has 3 aromatic rings. The van der Waals surface area contributed by atoms with E-state index in [9.17, 15) is 13.2 Å². The van der Waals surface area contributed by atoms with Crippen LogP contribution in [0.5, 0.6) is 0 Å². The average Bonchev–Trinajstić information content (AvgIpc) is 3.42. The highest BCUT2D eigenvalue weighted by Gasteiger charge is 2.43. The number of rotatable bonds is 4. The van der Waals surface area contributed by atoms with Crippen LogP contribution in [0.3, 0.4) is 0 Å². The molecule has 26 heavy (non-hydrogen) atoms. The Morgan fingerprint density at radius 3 is 2.58 bits per heavy atom. The van der Waals surface area contributed by atoms with E-state index in [4.69, 9.17) is 0 Å². The number of amides is 1. The second kappa shape index (κ2) is 6.21. The molecule has 1 amide bonds. The van der Waals surface area contributed by atoms with Crippen LogP contribution in [0, 0.1) is 5.92 Å². The topological polar surface area (TPSA) is 76.1 Å². The van der Waals surface area contributed by atoms with E-state index in [2.05, 4.69) is 10.3 Å². The lowest BCUT2D eigenvalue weighted by Crippen LogP contribution is -2.14. The van der Waals surface area contributed by atoms with Crippen molar-refractivity contribution in [3.8, 4) is 0 Å². The molecular weight excluding hydrogens is 348 g/mol. The fourth-order valence-corrected chi connectivity index (χ4v) is 3.84. The van der Waals surface area contributed by atoms with E-state index >= 15 is 0 Å². The second-order valence-corrected chi connectivity index (χ2v) is 8.73. The lowest BCUT2D eigenvalue weighted by molar-refractivity contribution is -0.117. The van der Waals surface area contributed by atoms with Crippen LogP contribution in [-0.4, -0.2) is 25.6 Å². The number of nitrogens with one attached hydrogen (secondary N) is 1. The number of carbonyl (C=O) groups excluding carboxylic acids is 1. The lowest BCUT2D eigenvalue weighted by Gasteiger charge is -2.07. The summed E-state index contributed by atoms with van der Waals surface area (Å²) in [5, 5.41) is 5.03. The predicted octanol–water partition coefficient (Wildman–Crippen LogP) is 3.38. The Labute approximate surface area is 152 Å². The van der Waals surface area contributed by atoms with Crippen LogP contribution < -0.4 is 5.32 Å². The molecule has 5 nitrogen and oxygen atoms in total. The number of carbonyl (C=O) groups is 1. The van der Waals surface area contributed by atoms with Crippen molar-refractivity contribution in [2.45, 2.75) is 17.2 Å². The first-order chi connectivity index (χ1) is 12.4. The molecule has 1 aliphatic carbocycles. The van der Waals surface area contributed by atoms with Crippen LogP contribution in [0.4, 0.5) is 5.69 Å². The van der Waals surface area contributed by atoms with Gasteiger partial charge >= 0.3 is 0 Å². The van der Waals surface area contributed by atoms with Crippen LogP contribution in [0.25, 0.3) is 10.8 Å². The summed E-state index contributed by atoms with van der Waals surface area (Å²) in [6.45, 7) is 0. The largest absolute Gasteiger partial charge is 0.326 e. The van der Waals surface area contributed by atoms with Gasteiger partial charge < -0.3 is 5.32 Å². The first-order valence-electron chi connectivity index (χ1n) is 8.36. The van der Waals surface area contributed by atoms with Gasteiger partial charge in [0.2, 0.25) is 5.91 Å². The van der Waals surface area contributed by atoms with Crippen LogP contribution in [0.2, 0.25) is 0 Å². The molecule has 1 fully saturated rings. The van der Waals surface area contributed by atoms with E-state index in [1.807, 2.05) is 24.3 Å². The van der Waals surface area contributed by atoms with E-state index in [0.29, 0.717) is 4.90 Å². The molecule has 132 valence electrons. The van der Waals surface area contributed by atoms with Crippen molar-refractivity contribution >= 4 is 32.2 Å². The van der Waals surface area contributed by atoms with Gasteiger partial charge in [-0.2, -0.15) is 0 Å². The molecule has 2 atom stereocenters. The monoisotopic (exact) mass is 366 g/mol. The highest BCUT2D eigenvalue weighted by Crippen LogP contribution is 2.48. The molecule has 0 aliphatic heterocycles. The zero-order chi connectivity index (χ0) is 18.3. The minimum absolute atomic E-state index is 0.00408. The van der Waals surface area contributed by atoms with Crippen LogP contribution in [0.15, 0.2) is 65.8 Å². The van der Waals surface area contributed by atoms with Gasteiger partial charge in [-0.05, 0) is 53.6 Å². The van der Waals surface area contributed by atoms with Crippen molar-refractivity contribution in [3.05, 3.63) is 66.5 Å². The van der Waals surface area contributed by atoms with Gasteiger partial charge in [0.25, 0.3) is 0 Å². The summed E-state index contributed by atoms with van der Waals surface area (Å²) in [4.78, 5) is 16.9. The van der Waals surface area contributed by atoms with Crippen molar-refractivity contribution in [1.82, 2.24) is 4.98 Å². The van der Waals surface area contributed by atoms with E-state index in [-0.39, 0.29) is 17.7 Å². The maximum absolute atomic E-state index is 12.5. The summed E-state index contributed by atoms with van der Waals surface area (Å²) in [5.74, 6) is 0.0658. The quantitative estimate of drug-likeness (QED) is 0.768. The van der Waals surface area contributed by atoms with E-state index in [1.54, 1.807) is 36.7 Å². The zero-order valence-electron chi connectivity index (χ0n) is 14.2. The smallest absolute Gasteiger partial charge is 0.228 e. The summed E-state index contributed by atoms with van der Waals surface area (Å²) in [7, 11) is -3.20. The van der Waals surface area contributed by atoms with Crippen LogP contribution >= 0.6 is 0 Å². The van der Waals surface area contributed by atoms with Crippen molar-refractivity contribution < 1.29 is 13.2 Å². The second-order valence-electron chi connectivity index (χ2n) is 6.72. The van der Waals surface area contributed by atoms with Gasteiger partial charge in [0.15, 0.2) is 9.84 Å². The first-order valence-corrected chi connectivity index (χ1v) is 10.3. The molecule has 1 N–H and O–H groups in total. The van der Waals surface area contributed by atoms with Gasteiger partial charge in [0.1, 0.15) is 0 Å². The number of anilines is 1. The Hall–Kier alpha value is -2.73. The number of nitrogens with zero attached hydrogens (tertiary/aromatic N) is 1. The minimum Gasteiger partial charge on any atom is -0.326 e. The van der Waals surface area contributed by atoms with Gasteiger partial charge in [0, 0.05) is 35.6 Å². The van der Waals surface area contributed by atoms with E-state index < -0.39 is 9.84 Å². The number of fused-ring (bicyclic) bond motifs is 1. The fraction of sp³-hybridized carbons (Fsp3) is 0.200. The van der Waals surface area contributed by atoms with Gasteiger partial charge in [-0.15, -0.1) is 0 Å². The molecule has 1 aromatic heterocycles. The van der Waals surface area contributed by atoms with E-state index in [1.165, 1.54) is 6.26 Å². The number of aromatic nitrogens is 1. The molecule has 0 unspecified atom stereocenters. The number of benzene rings is 2. The van der Waals surface area contributed by atoms with Crippen molar-refractivity contribution in [1.29, 1.82) is 0 Å². The predicted molar refractivity (Wildman–Crippen MR) is 101 cm³/mol. The third-order valence-corrected chi connectivity index (χ3v) is 5.90. The standard InChI is InChI=1S/C20H18N2O3S/c1-26(24,25)17-6-3-13(4-7-17)18-11-19(18)20(23)22-16-5-2-15-12-21-9-8-14(15)10-16/h2-10,12,18-19H,11H2,1H3,(H,22,23)/t18-,19+/m0/s1. The molecule has 1 heterocycles. The van der Waals surface area contributed by atoms with Crippen LogP contribution in [0.1, 0.15) is 17.9 Å². The molecule has 1 saturated carbocycles. The summed E-state index contributed by atoms with van der Waals surface area (Å²) in [6.07, 6.45) is 5.49. The Morgan fingerprint density at radius 2 is 1.85 bits per heavy atom. The third kappa shape index (κ3) is 3.32. The van der Waals surface area contributed by atoms with E-state index in [0.717, 1.165) is 28.4 Å². The Balaban J connectivity index is 1.45. The molecule has 0 saturated heterocycles. The SMILES string of the molecule is CS(=O)(=O)c1ccc([C@@H]2C[C@H]2C(=O)Nc2ccc3cnccc3c2)cc1. The van der Waals surface area contributed by atoms with Crippen molar-refractivity contribution in [2.24, 2.45) is 5.92 Å². The molecule has 0 bridgehead atoms. The Morgan fingerprint density at radius 1 is 1.08 bits per heavy atom. The molecular formula is C20H18N2O3S. The summed E-state index contributed by atoms with van der Waals surface area (Å²) in [6, 6.07) is 14.5. The maximum Gasteiger partial charge on any atom is 0.228 e. The van der Waals surface area contributed by atoms with Gasteiger partial charge in [-0.3, -0.25) is 9.78 Å². The normalized spacial score (nSPS) is 19.3. The fourth-order valence-electron chi connectivity index (χ4n) is 3.21. The summed E-state index contributed by atoms with van der Waals surface area (Å²) >= 11 is 0. The third-order valence-electron chi connectivity index (χ3n) is 4.77. The molecule has 0 radical (unpaired) electrons. The summed E-state index contributed by atoms with van der Waals surface area (Å²) in [5.41, 5.74) is 1.77. The molecule has 2 aromatic carbocycles. The lowest BCUT2D eigenvalue weighted by atomic mass is 10.1. The van der Waals surface area contributed by atoms with Gasteiger partial charge in [-0.25, -0.2) is 8.42 Å². The first kappa shape index (κ1) is 16.7. The molecule has 4 rings (SSSR count). The highest BCUT2D eigenvalue weighted by molar-refractivity contribution is 7.90. The number of hydrogen-bond donors (Lipinski definition) is 1. The average molecular weight is 366 g/mol. The van der Waals surface area contributed by atoms with Crippen molar-refractivity contribution in [3.63, 3.8) is 0 Å². The van der Waals surface area contributed by atoms with Gasteiger partial charge in [0.05, 0.1) is 4.90 Å². The number of hydrogen-bond acceptors (Lipinski definition) is 4. The Bertz CT molecular complexity index is 1090.